The van der Waals surface area contributed by atoms with Crippen molar-refractivity contribution >= 4 is 23.4 Å². The maximum absolute atomic E-state index is 12.3. The van der Waals surface area contributed by atoms with Crippen LogP contribution in [0.3, 0.4) is 0 Å². The van der Waals surface area contributed by atoms with Gasteiger partial charge in [0.05, 0.1) is 6.10 Å². The Morgan fingerprint density at radius 3 is 2.00 bits per heavy atom. The van der Waals surface area contributed by atoms with Gasteiger partial charge in [0.1, 0.15) is 6.04 Å². The van der Waals surface area contributed by atoms with E-state index in [-0.39, 0.29) is 24.4 Å². The zero-order chi connectivity index (χ0) is 24.2. The minimum absolute atomic E-state index is 0.149. The number of rotatable bonds is 7. The summed E-state index contributed by atoms with van der Waals surface area (Å²) in [5, 5.41) is 23.4. The molecule has 0 saturated heterocycles. The van der Waals surface area contributed by atoms with E-state index in [1.165, 1.54) is 24.5 Å². The van der Waals surface area contributed by atoms with E-state index in [0.717, 1.165) is 5.56 Å². The lowest BCUT2D eigenvalue weighted by Crippen LogP contribution is -2.51. The van der Waals surface area contributed by atoms with Crippen molar-refractivity contribution in [1.29, 1.82) is 0 Å². The van der Waals surface area contributed by atoms with Gasteiger partial charge >= 0.3 is 0 Å². The molecule has 9 heteroatoms. The van der Waals surface area contributed by atoms with Crippen molar-refractivity contribution < 1.29 is 24.7 Å². The smallest absolute Gasteiger partial charge is 0.268 e. The van der Waals surface area contributed by atoms with Gasteiger partial charge in [-0.1, -0.05) is 11.8 Å². The highest BCUT2D eigenvalue weighted by atomic mass is 16.5. The second-order valence-corrected chi connectivity index (χ2v) is 6.91. The molecule has 0 heterocycles. The van der Waals surface area contributed by atoms with Gasteiger partial charge in [0.2, 0.25) is 5.91 Å². The zero-order valence-corrected chi connectivity index (χ0v) is 17.9. The van der Waals surface area contributed by atoms with Crippen LogP contribution in [0.2, 0.25) is 0 Å². The monoisotopic (exact) mass is 448 g/mol. The SMILES string of the molecule is CC(O)C(NC(=O)c1ccc(C#CC#Cc2ccc(NC(=O)CCN)cc2)cc1)C(=O)NO. The molecule has 0 bridgehead atoms. The van der Waals surface area contributed by atoms with Crippen molar-refractivity contribution in [3.05, 3.63) is 65.2 Å². The maximum atomic E-state index is 12.3. The van der Waals surface area contributed by atoms with Gasteiger partial charge in [-0.15, -0.1) is 0 Å². The Labute approximate surface area is 191 Å². The molecule has 0 aliphatic carbocycles. The molecule has 0 aliphatic heterocycles. The number of carbonyl (C=O) groups is 3. The Morgan fingerprint density at radius 1 is 0.970 bits per heavy atom. The molecule has 0 fully saturated rings. The lowest BCUT2D eigenvalue weighted by molar-refractivity contribution is -0.133. The third-order valence-electron chi connectivity index (χ3n) is 4.32. The fourth-order valence-electron chi connectivity index (χ4n) is 2.60. The third kappa shape index (κ3) is 8.13. The largest absolute Gasteiger partial charge is 0.391 e. The first-order valence-electron chi connectivity index (χ1n) is 9.99. The Hall–Kier alpha value is -4.15. The van der Waals surface area contributed by atoms with Crippen LogP contribution in [0, 0.1) is 23.7 Å². The summed E-state index contributed by atoms with van der Waals surface area (Å²) in [5.74, 6) is 9.55. The molecule has 2 atom stereocenters. The second-order valence-electron chi connectivity index (χ2n) is 6.91. The number of nitrogens with two attached hydrogens (primary N) is 1. The summed E-state index contributed by atoms with van der Waals surface area (Å²) >= 11 is 0. The predicted octanol–water partition coefficient (Wildman–Crippen LogP) is 0.362. The molecule has 33 heavy (non-hydrogen) atoms. The standard InChI is InChI=1S/C24H24N4O5/c1-16(29)22(24(32)28-33)27-23(31)19-10-6-17(7-11-19)4-2-3-5-18-8-12-20(13-9-18)26-21(30)14-15-25/h6-13,16,22,29,33H,14-15,25H2,1H3,(H,26,30)(H,27,31)(H,28,32). The number of aliphatic hydroxyl groups excluding tert-OH is 1. The average Bonchev–Trinajstić information content (AvgIpc) is 2.81. The van der Waals surface area contributed by atoms with Gasteiger partial charge < -0.3 is 21.5 Å². The number of aliphatic hydroxyl groups is 1. The second kappa shape index (κ2) is 12.6. The van der Waals surface area contributed by atoms with Crippen molar-refractivity contribution in [1.82, 2.24) is 10.8 Å². The predicted molar refractivity (Wildman–Crippen MR) is 122 cm³/mol. The molecule has 0 aromatic heterocycles. The number of carbonyl (C=O) groups excluding carboxylic acids is 3. The van der Waals surface area contributed by atoms with E-state index in [1.807, 2.05) is 0 Å². The molecular formula is C24H24N4O5. The molecule has 2 aromatic rings. The van der Waals surface area contributed by atoms with Crippen LogP contribution in [0.4, 0.5) is 5.69 Å². The van der Waals surface area contributed by atoms with E-state index >= 15 is 0 Å². The Kier molecular flexibility index (Phi) is 9.62. The molecule has 9 nitrogen and oxygen atoms in total. The first kappa shape index (κ1) is 25.1. The number of nitrogens with one attached hydrogen (secondary N) is 3. The average molecular weight is 448 g/mol. The molecule has 0 aliphatic rings. The first-order chi connectivity index (χ1) is 15.8. The van der Waals surface area contributed by atoms with Crippen LogP contribution < -0.4 is 21.8 Å². The van der Waals surface area contributed by atoms with Gasteiger partial charge in [-0.2, -0.15) is 0 Å². The Morgan fingerprint density at radius 2 is 1.52 bits per heavy atom. The normalized spacial score (nSPS) is 11.5. The molecule has 0 radical (unpaired) electrons. The number of hydroxylamine groups is 1. The summed E-state index contributed by atoms with van der Waals surface area (Å²) < 4.78 is 0. The fourth-order valence-corrected chi connectivity index (χ4v) is 2.60. The molecular weight excluding hydrogens is 424 g/mol. The minimum Gasteiger partial charge on any atom is -0.391 e. The highest BCUT2D eigenvalue weighted by Crippen LogP contribution is 2.09. The maximum Gasteiger partial charge on any atom is 0.268 e. The van der Waals surface area contributed by atoms with Crippen LogP contribution in [-0.2, 0) is 9.59 Å². The summed E-state index contributed by atoms with van der Waals surface area (Å²) in [5.41, 5.74) is 9.01. The summed E-state index contributed by atoms with van der Waals surface area (Å²) in [6.07, 6.45) is -0.942. The molecule has 0 saturated carbocycles. The Bertz CT molecular complexity index is 1100. The van der Waals surface area contributed by atoms with Crippen LogP contribution in [0.15, 0.2) is 48.5 Å². The number of benzene rings is 2. The number of anilines is 1. The van der Waals surface area contributed by atoms with E-state index in [2.05, 4.69) is 34.3 Å². The summed E-state index contributed by atoms with van der Waals surface area (Å²) in [7, 11) is 0. The van der Waals surface area contributed by atoms with Gasteiger partial charge in [0.15, 0.2) is 0 Å². The number of amides is 3. The van der Waals surface area contributed by atoms with Crippen molar-refractivity contribution in [2.24, 2.45) is 5.73 Å². The summed E-state index contributed by atoms with van der Waals surface area (Å²) in [6, 6.07) is 12.0. The van der Waals surface area contributed by atoms with Gasteiger partial charge in [0.25, 0.3) is 11.8 Å². The van der Waals surface area contributed by atoms with Crippen LogP contribution in [-0.4, -0.2) is 46.7 Å². The van der Waals surface area contributed by atoms with Crippen molar-refractivity contribution in [2.75, 3.05) is 11.9 Å². The highest BCUT2D eigenvalue weighted by molar-refractivity contribution is 5.97. The van der Waals surface area contributed by atoms with Gasteiger partial charge in [-0.25, -0.2) is 5.48 Å². The number of hydrogen-bond donors (Lipinski definition) is 6. The lowest BCUT2D eigenvalue weighted by Gasteiger charge is -2.19. The quantitative estimate of drug-likeness (QED) is 0.204. The van der Waals surface area contributed by atoms with Crippen LogP contribution in [0.25, 0.3) is 0 Å². The van der Waals surface area contributed by atoms with Crippen LogP contribution in [0.5, 0.6) is 0 Å². The van der Waals surface area contributed by atoms with Crippen molar-refractivity contribution in [2.45, 2.75) is 25.5 Å². The number of hydrogen-bond acceptors (Lipinski definition) is 6. The van der Waals surface area contributed by atoms with Gasteiger partial charge in [-0.05, 0) is 67.3 Å². The third-order valence-corrected chi connectivity index (χ3v) is 4.32. The summed E-state index contributed by atoms with van der Waals surface area (Å²) in [4.78, 5) is 35.3. The molecule has 0 spiro atoms. The lowest BCUT2D eigenvalue weighted by atomic mass is 10.1. The molecule has 7 N–H and O–H groups in total. The molecule has 170 valence electrons. The van der Waals surface area contributed by atoms with Crippen LogP contribution >= 0.6 is 0 Å². The molecule has 3 amide bonds. The Balaban J connectivity index is 1.97. The summed E-state index contributed by atoms with van der Waals surface area (Å²) in [6.45, 7) is 1.60. The van der Waals surface area contributed by atoms with E-state index in [4.69, 9.17) is 10.9 Å². The first-order valence-corrected chi connectivity index (χ1v) is 9.99. The van der Waals surface area contributed by atoms with E-state index in [1.54, 1.807) is 36.4 Å². The fraction of sp³-hybridized carbons (Fsp3) is 0.208. The topological polar surface area (TPSA) is 154 Å². The van der Waals surface area contributed by atoms with E-state index < -0.39 is 24.0 Å². The minimum atomic E-state index is -1.30. The molecule has 2 aromatic carbocycles. The van der Waals surface area contributed by atoms with Crippen LogP contribution in [0.1, 0.15) is 34.8 Å². The van der Waals surface area contributed by atoms with E-state index in [9.17, 15) is 19.5 Å². The molecule has 2 unspecified atom stereocenters. The highest BCUT2D eigenvalue weighted by Gasteiger charge is 2.25. The van der Waals surface area contributed by atoms with E-state index in [0.29, 0.717) is 11.3 Å². The van der Waals surface area contributed by atoms with Gasteiger partial charge in [0, 0.05) is 35.3 Å². The van der Waals surface area contributed by atoms with Crippen molar-refractivity contribution in [3.8, 4) is 23.7 Å². The zero-order valence-electron chi connectivity index (χ0n) is 17.9. The van der Waals surface area contributed by atoms with Crippen molar-refractivity contribution in [3.63, 3.8) is 0 Å². The molecule has 2 rings (SSSR count). The van der Waals surface area contributed by atoms with Gasteiger partial charge in [-0.3, -0.25) is 19.6 Å².